The molecule has 1 aliphatic heterocycles. The summed E-state index contributed by atoms with van der Waals surface area (Å²) in [5.41, 5.74) is 1.96. The van der Waals surface area contributed by atoms with E-state index in [1.165, 1.54) is 6.07 Å². The molecule has 110 valence electrons. The number of alkyl halides is 2. The second-order valence-electron chi connectivity index (χ2n) is 4.78. The van der Waals surface area contributed by atoms with Crippen molar-refractivity contribution in [3.63, 3.8) is 0 Å². The summed E-state index contributed by atoms with van der Waals surface area (Å²) in [5.74, 6) is 0.791. The fourth-order valence-corrected chi connectivity index (χ4v) is 2.47. The molecule has 0 aliphatic carbocycles. The van der Waals surface area contributed by atoms with Crippen LogP contribution in [0.2, 0.25) is 0 Å². The fourth-order valence-electron chi connectivity index (χ4n) is 2.47. The number of hydrogen-bond acceptors (Lipinski definition) is 3. The number of fused-ring (bicyclic) bond motifs is 1. The first-order valence-corrected chi connectivity index (χ1v) is 6.62. The van der Waals surface area contributed by atoms with Crippen molar-refractivity contribution < 1.29 is 23.4 Å². The standard InChI is InChI=1S/C16H14F2O3/c17-16(18)21-14-4-2-1-3-12(14)15(19)11-5-6-13-10(9-11)7-8-20-13/h1-6,9,15-16,19H,7-8H2. The highest BCUT2D eigenvalue weighted by molar-refractivity contribution is 5.45. The van der Waals surface area contributed by atoms with Crippen LogP contribution in [0.15, 0.2) is 42.5 Å². The van der Waals surface area contributed by atoms with E-state index in [4.69, 9.17) is 4.74 Å². The van der Waals surface area contributed by atoms with Gasteiger partial charge in [0, 0.05) is 12.0 Å². The molecule has 3 nitrogen and oxygen atoms in total. The molecule has 21 heavy (non-hydrogen) atoms. The van der Waals surface area contributed by atoms with Gasteiger partial charge in [0.05, 0.1) is 6.61 Å². The topological polar surface area (TPSA) is 38.7 Å². The van der Waals surface area contributed by atoms with Crippen molar-refractivity contribution in [3.05, 3.63) is 59.2 Å². The van der Waals surface area contributed by atoms with Crippen LogP contribution in [-0.4, -0.2) is 18.3 Å². The minimum absolute atomic E-state index is 0.0169. The summed E-state index contributed by atoms with van der Waals surface area (Å²) in [6.45, 7) is -2.30. The van der Waals surface area contributed by atoms with E-state index in [1.54, 1.807) is 30.3 Å². The molecule has 0 bridgehead atoms. The third-order valence-electron chi connectivity index (χ3n) is 3.46. The quantitative estimate of drug-likeness (QED) is 0.939. The summed E-state index contributed by atoms with van der Waals surface area (Å²) in [5, 5.41) is 10.5. The van der Waals surface area contributed by atoms with E-state index < -0.39 is 12.7 Å². The Balaban J connectivity index is 1.93. The Labute approximate surface area is 120 Å². The van der Waals surface area contributed by atoms with Crippen LogP contribution in [0.5, 0.6) is 11.5 Å². The number of aliphatic hydroxyl groups excluding tert-OH is 1. The van der Waals surface area contributed by atoms with Crippen LogP contribution in [0, 0.1) is 0 Å². The first-order chi connectivity index (χ1) is 10.1. The number of ether oxygens (including phenoxy) is 2. The molecule has 2 aromatic rings. The van der Waals surface area contributed by atoms with Gasteiger partial charge in [0.2, 0.25) is 0 Å². The molecule has 0 radical (unpaired) electrons. The minimum Gasteiger partial charge on any atom is -0.493 e. The van der Waals surface area contributed by atoms with Gasteiger partial charge in [-0.25, -0.2) is 0 Å². The van der Waals surface area contributed by atoms with Gasteiger partial charge in [0.1, 0.15) is 17.6 Å². The Morgan fingerprint density at radius 3 is 2.76 bits per heavy atom. The summed E-state index contributed by atoms with van der Waals surface area (Å²) in [4.78, 5) is 0. The van der Waals surface area contributed by atoms with E-state index in [2.05, 4.69) is 4.74 Å². The number of rotatable bonds is 4. The van der Waals surface area contributed by atoms with E-state index in [0.29, 0.717) is 17.7 Å². The largest absolute Gasteiger partial charge is 0.493 e. The zero-order valence-electron chi connectivity index (χ0n) is 11.1. The van der Waals surface area contributed by atoms with Crippen LogP contribution in [0.4, 0.5) is 8.78 Å². The van der Waals surface area contributed by atoms with Crippen molar-refractivity contribution in [3.8, 4) is 11.5 Å². The smallest absolute Gasteiger partial charge is 0.387 e. The van der Waals surface area contributed by atoms with Crippen LogP contribution in [0.3, 0.4) is 0 Å². The lowest BCUT2D eigenvalue weighted by Gasteiger charge is -2.16. The zero-order valence-corrected chi connectivity index (χ0v) is 11.1. The SMILES string of the molecule is OC(c1ccc2c(c1)CCO2)c1ccccc1OC(F)F. The normalized spacial score (nSPS) is 14.7. The van der Waals surface area contributed by atoms with Gasteiger partial charge in [-0.2, -0.15) is 8.78 Å². The van der Waals surface area contributed by atoms with Crippen molar-refractivity contribution in [2.75, 3.05) is 6.61 Å². The van der Waals surface area contributed by atoms with Crippen LogP contribution < -0.4 is 9.47 Å². The highest BCUT2D eigenvalue weighted by Gasteiger charge is 2.20. The van der Waals surface area contributed by atoms with Gasteiger partial charge in [-0.3, -0.25) is 0 Å². The van der Waals surface area contributed by atoms with Gasteiger partial charge < -0.3 is 14.6 Å². The molecular weight excluding hydrogens is 278 g/mol. The Hall–Kier alpha value is -2.14. The monoisotopic (exact) mass is 292 g/mol. The molecule has 5 heteroatoms. The lowest BCUT2D eigenvalue weighted by atomic mass is 9.98. The minimum atomic E-state index is -2.92. The van der Waals surface area contributed by atoms with Gasteiger partial charge in [-0.05, 0) is 29.3 Å². The van der Waals surface area contributed by atoms with Gasteiger partial charge in [-0.15, -0.1) is 0 Å². The van der Waals surface area contributed by atoms with Crippen LogP contribution in [0.25, 0.3) is 0 Å². The molecule has 1 N–H and O–H groups in total. The third-order valence-corrected chi connectivity index (χ3v) is 3.46. The van der Waals surface area contributed by atoms with Crippen LogP contribution >= 0.6 is 0 Å². The number of aliphatic hydroxyl groups is 1. The molecule has 0 amide bonds. The zero-order chi connectivity index (χ0) is 14.8. The highest BCUT2D eigenvalue weighted by Crippen LogP contribution is 2.34. The maximum atomic E-state index is 12.4. The molecule has 0 saturated carbocycles. The molecule has 1 heterocycles. The average molecular weight is 292 g/mol. The Morgan fingerprint density at radius 2 is 1.95 bits per heavy atom. The maximum Gasteiger partial charge on any atom is 0.387 e. The molecule has 0 aromatic heterocycles. The van der Waals surface area contributed by atoms with Crippen molar-refractivity contribution in [2.45, 2.75) is 19.1 Å². The molecular formula is C16H14F2O3. The third kappa shape index (κ3) is 2.83. The fraction of sp³-hybridized carbons (Fsp3) is 0.250. The predicted octanol–water partition coefficient (Wildman–Crippen LogP) is 3.30. The number of para-hydroxylation sites is 1. The predicted molar refractivity (Wildman–Crippen MR) is 72.8 cm³/mol. The van der Waals surface area contributed by atoms with Crippen molar-refractivity contribution >= 4 is 0 Å². The summed E-state index contributed by atoms with van der Waals surface area (Å²) >= 11 is 0. The molecule has 1 atom stereocenters. The first-order valence-electron chi connectivity index (χ1n) is 6.62. The molecule has 0 spiro atoms. The van der Waals surface area contributed by atoms with Crippen molar-refractivity contribution in [2.24, 2.45) is 0 Å². The van der Waals surface area contributed by atoms with Crippen molar-refractivity contribution in [1.82, 2.24) is 0 Å². The Kier molecular flexibility index (Phi) is 3.75. The van der Waals surface area contributed by atoms with Crippen LogP contribution in [0.1, 0.15) is 22.8 Å². The lowest BCUT2D eigenvalue weighted by molar-refractivity contribution is -0.0512. The van der Waals surface area contributed by atoms with Gasteiger partial charge in [0.15, 0.2) is 0 Å². The molecule has 2 aromatic carbocycles. The number of halogens is 2. The number of hydrogen-bond donors (Lipinski definition) is 1. The highest BCUT2D eigenvalue weighted by atomic mass is 19.3. The molecule has 1 aliphatic rings. The average Bonchev–Trinajstić information content (AvgIpc) is 2.94. The van der Waals surface area contributed by atoms with Crippen LogP contribution in [-0.2, 0) is 6.42 Å². The molecule has 1 unspecified atom stereocenters. The Bertz CT molecular complexity index is 643. The first kappa shape index (κ1) is 13.8. The molecule has 0 saturated heterocycles. The van der Waals surface area contributed by atoms with E-state index in [-0.39, 0.29) is 5.75 Å². The molecule has 0 fully saturated rings. The summed E-state index contributed by atoms with van der Waals surface area (Å²) in [7, 11) is 0. The second kappa shape index (κ2) is 5.69. The van der Waals surface area contributed by atoms with Crippen molar-refractivity contribution in [1.29, 1.82) is 0 Å². The van der Waals surface area contributed by atoms with E-state index in [9.17, 15) is 13.9 Å². The molecule has 3 rings (SSSR count). The number of benzene rings is 2. The lowest BCUT2D eigenvalue weighted by Crippen LogP contribution is -2.08. The Morgan fingerprint density at radius 1 is 1.14 bits per heavy atom. The maximum absolute atomic E-state index is 12.4. The second-order valence-corrected chi connectivity index (χ2v) is 4.78. The van der Waals surface area contributed by atoms with E-state index in [0.717, 1.165) is 17.7 Å². The summed E-state index contributed by atoms with van der Waals surface area (Å²) in [6.07, 6.45) is -0.240. The van der Waals surface area contributed by atoms with E-state index >= 15 is 0 Å². The summed E-state index contributed by atoms with van der Waals surface area (Å²) < 4.78 is 34.7. The van der Waals surface area contributed by atoms with Gasteiger partial charge >= 0.3 is 6.61 Å². The summed E-state index contributed by atoms with van der Waals surface area (Å²) in [6, 6.07) is 11.6. The van der Waals surface area contributed by atoms with Gasteiger partial charge in [-0.1, -0.05) is 24.3 Å². The van der Waals surface area contributed by atoms with Gasteiger partial charge in [0.25, 0.3) is 0 Å². The van der Waals surface area contributed by atoms with E-state index in [1.807, 2.05) is 6.07 Å².